The zero-order valence-electron chi connectivity index (χ0n) is 17.2. The fourth-order valence-electron chi connectivity index (χ4n) is 3.70. The van der Waals surface area contributed by atoms with Crippen LogP contribution < -0.4 is 0 Å². The Morgan fingerprint density at radius 2 is 1.90 bits per heavy atom. The Kier molecular flexibility index (Phi) is 6.80. The lowest BCUT2D eigenvalue weighted by Gasteiger charge is -2.47. The van der Waals surface area contributed by atoms with Gasteiger partial charge in [0.25, 0.3) is 0 Å². The lowest BCUT2D eigenvalue weighted by Crippen LogP contribution is -2.61. The van der Waals surface area contributed by atoms with Gasteiger partial charge in [0.1, 0.15) is 29.8 Å². The van der Waals surface area contributed by atoms with E-state index in [1.54, 1.807) is 0 Å². The Balaban J connectivity index is 1.61. The van der Waals surface area contributed by atoms with E-state index in [0.717, 1.165) is 16.0 Å². The minimum Gasteiger partial charge on any atom is -0.459 e. The minimum absolute atomic E-state index is 0.260. The van der Waals surface area contributed by atoms with Crippen LogP contribution in [0, 0.1) is 6.92 Å². The summed E-state index contributed by atoms with van der Waals surface area (Å²) in [5.41, 5.74) is 10.6. The van der Waals surface area contributed by atoms with Crippen LogP contribution in [0.25, 0.3) is 10.4 Å². The van der Waals surface area contributed by atoms with E-state index in [1.165, 1.54) is 18.7 Å². The highest BCUT2D eigenvalue weighted by molar-refractivity contribution is 7.99. The molecule has 2 aliphatic heterocycles. The Morgan fingerprint density at radius 1 is 1.16 bits per heavy atom. The molecule has 4 rings (SSSR count). The van der Waals surface area contributed by atoms with Crippen LogP contribution in [0.2, 0.25) is 0 Å². The number of hydrogen-bond acceptors (Lipinski definition) is 7. The number of ether oxygens (including phenoxy) is 4. The number of esters is 1. The molecule has 9 heteroatoms. The van der Waals surface area contributed by atoms with E-state index in [4.69, 9.17) is 18.9 Å². The first-order chi connectivity index (χ1) is 15.0. The quantitative estimate of drug-likeness (QED) is 0.292. The second-order valence-corrected chi connectivity index (χ2v) is 8.59. The number of fused-ring (bicyclic) bond motifs is 1. The van der Waals surface area contributed by atoms with E-state index in [0.29, 0.717) is 0 Å². The van der Waals surface area contributed by atoms with Crippen LogP contribution in [0.15, 0.2) is 64.6 Å². The van der Waals surface area contributed by atoms with Crippen molar-refractivity contribution in [3.05, 3.63) is 76.2 Å². The summed E-state index contributed by atoms with van der Waals surface area (Å²) in [6.45, 7) is 3.60. The largest absolute Gasteiger partial charge is 0.459 e. The molecule has 0 aromatic heterocycles. The zero-order chi connectivity index (χ0) is 21.8. The topological polar surface area (TPSA) is 103 Å². The number of rotatable bonds is 5. The van der Waals surface area contributed by atoms with Gasteiger partial charge < -0.3 is 18.9 Å². The molecule has 0 aliphatic carbocycles. The van der Waals surface area contributed by atoms with Gasteiger partial charge in [-0.3, -0.25) is 4.79 Å². The van der Waals surface area contributed by atoms with Gasteiger partial charge in [-0.25, -0.2) is 0 Å². The van der Waals surface area contributed by atoms with E-state index in [9.17, 15) is 10.3 Å². The van der Waals surface area contributed by atoms with Crippen molar-refractivity contribution in [2.45, 2.75) is 54.8 Å². The Morgan fingerprint density at radius 3 is 2.58 bits per heavy atom. The molecule has 2 heterocycles. The number of nitrogens with zero attached hydrogens (tertiary/aromatic N) is 3. The Hall–Kier alpha value is -2.55. The van der Waals surface area contributed by atoms with Crippen molar-refractivity contribution in [1.29, 1.82) is 0 Å². The molecule has 162 valence electrons. The first kappa shape index (κ1) is 21.7. The van der Waals surface area contributed by atoms with E-state index in [-0.39, 0.29) is 6.61 Å². The fourth-order valence-corrected chi connectivity index (χ4v) is 4.80. The third-order valence-electron chi connectivity index (χ3n) is 5.14. The molecule has 2 saturated heterocycles. The minimum atomic E-state index is -0.801. The summed E-state index contributed by atoms with van der Waals surface area (Å²) in [4.78, 5) is 15.8. The zero-order valence-corrected chi connectivity index (χ0v) is 18.0. The molecule has 2 aromatic rings. The number of azide groups is 1. The summed E-state index contributed by atoms with van der Waals surface area (Å²) in [5, 5.41) is 3.94. The molecular weight excluding hydrogens is 418 g/mol. The molecule has 2 aliphatic rings. The summed E-state index contributed by atoms with van der Waals surface area (Å²) in [7, 11) is 0. The molecule has 1 unspecified atom stereocenters. The van der Waals surface area contributed by atoms with E-state index in [2.05, 4.69) is 10.0 Å². The first-order valence-corrected chi connectivity index (χ1v) is 10.9. The number of hydrogen-bond donors (Lipinski definition) is 0. The molecular formula is C22H23N3O5S. The molecule has 0 saturated carbocycles. The molecule has 0 N–H and O–H groups in total. The van der Waals surface area contributed by atoms with Gasteiger partial charge in [0.15, 0.2) is 6.29 Å². The van der Waals surface area contributed by atoms with Crippen LogP contribution >= 0.6 is 11.8 Å². The van der Waals surface area contributed by atoms with Gasteiger partial charge >= 0.3 is 5.97 Å². The van der Waals surface area contributed by atoms with Crippen molar-refractivity contribution in [3.8, 4) is 0 Å². The number of thioether (sulfide) groups is 1. The van der Waals surface area contributed by atoms with Crippen LogP contribution in [0.5, 0.6) is 0 Å². The summed E-state index contributed by atoms with van der Waals surface area (Å²) >= 11 is 1.42. The van der Waals surface area contributed by atoms with E-state index in [1.807, 2.05) is 61.5 Å². The third kappa shape index (κ3) is 5.03. The SMILES string of the molecule is CC(=O)O[C@@H]1[C@@H](N=[N+]=[N-])[C@H](Sc2ccc(C)cc2)O[C@@H]2COC(c3ccccc3)O[C@@H]12. The van der Waals surface area contributed by atoms with Crippen LogP contribution in [0.1, 0.15) is 24.3 Å². The maximum Gasteiger partial charge on any atom is 0.303 e. The van der Waals surface area contributed by atoms with Gasteiger partial charge in [-0.05, 0) is 24.6 Å². The monoisotopic (exact) mass is 441 g/mol. The van der Waals surface area contributed by atoms with Gasteiger partial charge in [0.2, 0.25) is 0 Å². The van der Waals surface area contributed by atoms with Crippen LogP contribution in [0.4, 0.5) is 0 Å². The van der Waals surface area contributed by atoms with Gasteiger partial charge in [-0.15, -0.1) is 0 Å². The summed E-state index contributed by atoms with van der Waals surface area (Å²) in [6.07, 6.45) is -2.53. The molecule has 0 amide bonds. The number of carbonyl (C=O) groups excluding carboxylic acids is 1. The van der Waals surface area contributed by atoms with Crippen molar-refractivity contribution < 1.29 is 23.7 Å². The summed E-state index contributed by atoms with van der Waals surface area (Å²) in [5.74, 6) is -0.478. The lowest BCUT2D eigenvalue weighted by molar-refractivity contribution is -0.306. The maximum atomic E-state index is 11.9. The standard InChI is InChI=1S/C22H23N3O5S/c1-13-8-10-16(11-9-13)31-22-18(24-25-23)20(28-14(2)26)19-17(29-22)12-27-21(30-19)15-6-4-3-5-7-15/h3-11,17-22H,12H2,1-2H3/t17-,18-,19-,20-,21?,22+/m1/s1. The fraction of sp³-hybridized carbons (Fsp3) is 0.409. The maximum absolute atomic E-state index is 11.9. The van der Waals surface area contributed by atoms with E-state index < -0.39 is 42.0 Å². The second kappa shape index (κ2) is 9.72. The Labute approximate surface area is 184 Å². The van der Waals surface area contributed by atoms with Crippen molar-refractivity contribution in [2.75, 3.05) is 6.61 Å². The number of aryl methyl sites for hydroxylation is 1. The highest BCUT2D eigenvalue weighted by Gasteiger charge is 2.51. The van der Waals surface area contributed by atoms with E-state index >= 15 is 0 Å². The predicted octanol–water partition coefficient (Wildman–Crippen LogP) is 4.54. The number of carbonyl (C=O) groups is 1. The van der Waals surface area contributed by atoms with Crippen LogP contribution in [-0.4, -0.2) is 42.4 Å². The van der Waals surface area contributed by atoms with Crippen molar-refractivity contribution in [3.63, 3.8) is 0 Å². The molecule has 6 atom stereocenters. The highest BCUT2D eigenvalue weighted by Crippen LogP contribution is 2.41. The van der Waals surface area contributed by atoms with Crippen LogP contribution in [0.3, 0.4) is 0 Å². The molecule has 0 bridgehead atoms. The van der Waals surface area contributed by atoms with Gasteiger partial charge in [0, 0.05) is 22.3 Å². The van der Waals surface area contributed by atoms with Crippen molar-refractivity contribution >= 4 is 17.7 Å². The highest BCUT2D eigenvalue weighted by atomic mass is 32.2. The average molecular weight is 442 g/mol. The molecule has 2 aromatic carbocycles. The Bertz CT molecular complexity index is 951. The second-order valence-electron chi connectivity index (χ2n) is 7.42. The van der Waals surface area contributed by atoms with Crippen molar-refractivity contribution in [2.24, 2.45) is 5.11 Å². The van der Waals surface area contributed by atoms with Gasteiger partial charge in [-0.2, -0.15) is 0 Å². The number of benzene rings is 2. The summed E-state index contributed by atoms with van der Waals surface area (Å²) < 4.78 is 23.9. The van der Waals surface area contributed by atoms with Gasteiger partial charge in [0.05, 0.1) is 6.61 Å². The van der Waals surface area contributed by atoms with Crippen molar-refractivity contribution in [1.82, 2.24) is 0 Å². The molecule has 8 nitrogen and oxygen atoms in total. The molecule has 0 radical (unpaired) electrons. The summed E-state index contributed by atoms with van der Waals surface area (Å²) in [6, 6.07) is 16.7. The molecule has 2 fully saturated rings. The van der Waals surface area contributed by atoms with Crippen LogP contribution in [-0.2, 0) is 23.7 Å². The molecule has 0 spiro atoms. The molecule has 31 heavy (non-hydrogen) atoms. The predicted molar refractivity (Wildman–Crippen MR) is 114 cm³/mol. The first-order valence-electron chi connectivity index (χ1n) is 9.97. The average Bonchev–Trinajstić information content (AvgIpc) is 2.77. The smallest absolute Gasteiger partial charge is 0.303 e. The normalized spacial score (nSPS) is 30.0. The third-order valence-corrected chi connectivity index (χ3v) is 6.31. The van der Waals surface area contributed by atoms with Gasteiger partial charge in [-0.1, -0.05) is 64.9 Å². The lowest BCUT2D eigenvalue weighted by atomic mass is 9.97.